The number of methoxy groups -OCH3 is 1. The lowest BCUT2D eigenvalue weighted by Gasteiger charge is -2.35. The molecule has 0 radical (unpaired) electrons. The minimum atomic E-state index is -0.457. The smallest absolute Gasteiger partial charge is 0.315 e. The first-order valence-electron chi connectivity index (χ1n) is 7.17. The second-order valence-corrected chi connectivity index (χ2v) is 5.84. The number of hydrogen-bond donors (Lipinski definition) is 0. The molecule has 2 aliphatic rings. The van der Waals surface area contributed by atoms with Crippen molar-refractivity contribution in [3.63, 3.8) is 0 Å². The summed E-state index contributed by atoms with van der Waals surface area (Å²) in [4.78, 5) is 14.6. The zero-order chi connectivity index (χ0) is 14.0. The van der Waals surface area contributed by atoms with E-state index in [9.17, 15) is 4.79 Å². The van der Waals surface area contributed by atoms with Gasteiger partial charge in [-0.1, -0.05) is 30.3 Å². The second-order valence-electron chi connectivity index (χ2n) is 5.84. The number of hydrogen-bond acceptors (Lipinski definition) is 4. The van der Waals surface area contributed by atoms with Gasteiger partial charge in [-0.15, -0.1) is 0 Å². The number of carbonyl (C=O) groups excluding carboxylic acids is 1. The fraction of sp³-hybridized carbons (Fsp3) is 0.562. The van der Waals surface area contributed by atoms with Crippen LogP contribution >= 0.6 is 0 Å². The van der Waals surface area contributed by atoms with Crippen molar-refractivity contribution in [2.75, 3.05) is 33.4 Å². The summed E-state index contributed by atoms with van der Waals surface area (Å²) < 4.78 is 10.6. The molecule has 0 aliphatic carbocycles. The molecule has 0 saturated carbocycles. The van der Waals surface area contributed by atoms with Crippen molar-refractivity contribution < 1.29 is 14.3 Å². The zero-order valence-corrected chi connectivity index (χ0v) is 11.9. The molecular formula is C16H21NO3. The summed E-state index contributed by atoms with van der Waals surface area (Å²) >= 11 is 0. The summed E-state index contributed by atoms with van der Waals surface area (Å²) in [5.74, 6) is 0.241. The van der Waals surface area contributed by atoms with E-state index < -0.39 is 5.41 Å². The summed E-state index contributed by atoms with van der Waals surface area (Å²) in [6.07, 6.45) is 0.945. The van der Waals surface area contributed by atoms with Crippen LogP contribution in [0.15, 0.2) is 30.3 Å². The molecule has 1 aromatic carbocycles. The second kappa shape index (κ2) is 5.54. The van der Waals surface area contributed by atoms with Crippen LogP contribution in [0.2, 0.25) is 0 Å². The first-order chi connectivity index (χ1) is 9.74. The van der Waals surface area contributed by atoms with Crippen LogP contribution in [0.4, 0.5) is 0 Å². The van der Waals surface area contributed by atoms with Crippen LogP contribution in [-0.2, 0) is 20.8 Å². The van der Waals surface area contributed by atoms with Crippen LogP contribution in [0.3, 0.4) is 0 Å². The zero-order valence-electron chi connectivity index (χ0n) is 11.9. The van der Waals surface area contributed by atoms with Gasteiger partial charge in [0.15, 0.2) is 0 Å². The van der Waals surface area contributed by atoms with Crippen LogP contribution in [0.25, 0.3) is 0 Å². The largest absolute Gasteiger partial charge is 0.468 e. The topological polar surface area (TPSA) is 38.8 Å². The molecule has 108 valence electrons. The molecule has 2 unspecified atom stereocenters. The van der Waals surface area contributed by atoms with Gasteiger partial charge in [0.1, 0.15) is 5.41 Å². The molecule has 0 amide bonds. The Kier molecular flexibility index (Phi) is 3.76. The minimum Gasteiger partial charge on any atom is -0.468 e. The number of fused-ring (bicyclic) bond motifs is 1. The molecule has 2 aliphatic heterocycles. The van der Waals surface area contributed by atoms with Gasteiger partial charge in [-0.3, -0.25) is 9.69 Å². The van der Waals surface area contributed by atoms with E-state index in [1.807, 2.05) is 6.07 Å². The van der Waals surface area contributed by atoms with E-state index in [0.29, 0.717) is 12.5 Å². The predicted molar refractivity (Wildman–Crippen MR) is 75.1 cm³/mol. The van der Waals surface area contributed by atoms with Gasteiger partial charge in [-0.25, -0.2) is 0 Å². The SMILES string of the molecule is COC(=O)C12COCCC1CN(Cc1ccccc1)C2. The van der Waals surface area contributed by atoms with E-state index in [4.69, 9.17) is 9.47 Å². The Hall–Kier alpha value is -1.39. The van der Waals surface area contributed by atoms with Crippen molar-refractivity contribution in [2.45, 2.75) is 13.0 Å². The van der Waals surface area contributed by atoms with Crippen LogP contribution in [0, 0.1) is 11.3 Å². The lowest BCUT2D eigenvalue weighted by molar-refractivity contribution is -0.163. The van der Waals surface area contributed by atoms with Gasteiger partial charge < -0.3 is 9.47 Å². The average Bonchev–Trinajstić information content (AvgIpc) is 2.86. The Morgan fingerprint density at radius 2 is 2.25 bits per heavy atom. The van der Waals surface area contributed by atoms with Crippen molar-refractivity contribution in [1.29, 1.82) is 0 Å². The molecule has 1 aromatic rings. The molecule has 3 rings (SSSR count). The van der Waals surface area contributed by atoms with Crippen LogP contribution in [0.5, 0.6) is 0 Å². The van der Waals surface area contributed by atoms with Gasteiger partial charge in [0.2, 0.25) is 0 Å². The normalized spacial score (nSPS) is 29.9. The number of esters is 1. The average molecular weight is 275 g/mol. The van der Waals surface area contributed by atoms with Gasteiger partial charge >= 0.3 is 5.97 Å². The van der Waals surface area contributed by atoms with Crippen LogP contribution < -0.4 is 0 Å². The molecule has 2 atom stereocenters. The minimum absolute atomic E-state index is 0.113. The highest BCUT2D eigenvalue weighted by atomic mass is 16.5. The number of carbonyl (C=O) groups is 1. The van der Waals surface area contributed by atoms with Gasteiger partial charge in [0, 0.05) is 26.2 Å². The highest BCUT2D eigenvalue weighted by Gasteiger charge is 2.54. The monoisotopic (exact) mass is 275 g/mol. The summed E-state index contributed by atoms with van der Waals surface area (Å²) in [5, 5.41) is 0. The van der Waals surface area contributed by atoms with Crippen molar-refractivity contribution >= 4 is 5.97 Å². The number of nitrogens with zero attached hydrogens (tertiary/aromatic N) is 1. The van der Waals surface area contributed by atoms with E-state index in [2.05, 4.69) is 29.2 Å². The Labute approximate surface area is 119 Å². The van der Waals surface area contributed by atoms with Gasteiger partial charge in [0.25, 0.3) is 0 Å². The Morgan fingerprint density at radius 3 is 3.00 bits per heavy atom. The molecule has 0 aromatic heterocycles. The summed E-state index contributed by atoms with van der Waals surface area (Å²) in [6, 6.07) is 10.4. The first-order valence-corrected chi connectivity index (χ1v) is 7.17. The van der Waals surface area contributed by atoms with Crippen molar-refractivity contribution in [3.8, 4) is 0 Å². The van der Waals surface area contributed by atoms with E-state index in [1.165, 1.54) is 12.7 Å². The number of likely N-dealkylation sites (tertiary alicyclic amines) is 1. The standard InChI is InChI=1S/C16H21NO3/c1-19-15(18)16-11-17(9-13-5-3-2-4-6-13)10-14(16)7-8-20-12-16/h2-6,14H,7-12H2,1H3. The van der Waals surface area contributed by atoms with Crippen molar-refractivity contribution in [2.24, 2.45) is 11.3 Å². The molecular weight excluding hydrogens is 254 g/mol. The lowest BCUT2D eigenvalue weighted by atomic mass is 9.76. The van der Waals surface area contributed by atoms with E-state index in [1.54, 1.807) is 0 Å². The Morgan fingerprint density at radius 1 is 1.45 bits per heavy atom. The van der Waals surface area contributed by atoms with Gasteiger partial charge in [-0.2, -0.15) is 0 Å². The van der Waals surface area contributed by atoms with Gasteiger partial charge in [0.05, 0.1) is 13.7 Å². The maximum atomic E-state index is 12.2. The molecule has 0 bridgehead atoms. The maximum absolute atomic E-state index is 12.2. The highest BCUT2D eigenvalue weighted by Crippen LogP contribution is 2.42. The third-order valence-electron chi connectivity index (χ3n) is 4.58. The summed E-state index contributed by atoms with van der Waals surface area (Å²) in [7, 11) is 1.47. The summed E-state index contributed by atoms with van der Waals surface area (Å²) in [6.45, 7) is 3.82. The van der Waals surface area contributed by atoms with E-state index >= 15 is 0 Å². The Balaban J connectivity index is 1.76. The number of benzene rings is 1. The van der Waals surface area contributed by atoms with Crippen molar-refractivity contribution in [1.82, 2.24) is 4.90 Å². The molecule has 2 fully saturated rings. The number of ether oxygens (including phenoxy) is 2. The molecule has 20 heavy (non-hydrogen) atoms. The molecule has 0 spiro atoms. The maximum Gasteiger partial charge on any atom is 0.315 e. The fourth-order valence-corrected chi connectivity index (χ4v) is 3.55. The lowest BCUT2D eigenvalue weighted by Crippen LogP contribution is -2.47. The first kappa shape index (κ1) is 13.6. The highest BCUT2D eigenvalue weighted by molar-refractivity contribution is 5.78. The fourth-order valence-electron chi connectivity index (χ4n) is 3.55. The van der Waals surface area contributed by atoms with Crippen molar-refractivity contribution in [3.05, 3.63) is 35.9 Å². The Bertz CT molecular complexity index is 476. The molecule has 4 heteroatoms. The van der Waals surface area contributed by atoms with Crippen LogP contribution in [-0.4, -0.2) is 44.3 Å². The van der Waals surface area contributed by atoms with Gasteiger partial charge in [-0.05, 0) is 17.9 Å². The summed E-state index contributed by atoms with van der Waals surface area (Å²) in [5.41, 5.74) is 0.828. The third-order valence-corrected chi connectivity index (χ3v) is 4.58. The quantitative estimate of drug-likeness (QED) is 0.787. The molecule has 2 heterocycles. The predicted octanol–water partition coefficient (Wildman–Crippen LogP) is 1.70. The number of rotatable bonds is 3. The van der Waals surface area contributed by atoms with E-state index in [0.717, 1.165) is 32.7 Å². The van der Waals surface area contributed by atoms with E-state index in [-0.39, 0.29) is 5.97 Å². The third kappa shape index (κ3) is 2.34. The molecule has 2 saturated heterocycles. The molecule has 0 N–H and O–H groups in total. The molecule has 4 nitrogen and oxygen atoms in total. The van der Waals surface area contributed by atoms with Crippen LogP contribution in [0.1, 0.15) is 12.0 Å².